The van der Waals surface area contributed by atoms with E-state index in [0.717, 1.165) is 24.5 Å². The van der Waals surface area contributed by atoms with Gasteiger partial charge in [0, 0.05) is 13.1 Å². The molecule has 1 saturated heterocycles. The molecule has 1 aliphatic heterocycles. The molecule has 7 heteroatoms. The monoisotopic (exact) mass is 290 g/mol. The van der Waals surface area contributed by atoms with Gasteiger partial charge in [-0.3, -0.25) is 4.90 Å². The van der Waals surface area contributed by atoms with E-state index in [2.05, 4.69) is 28.0 Å². The summed E-state index contributed by atoms with van der Waals surface area (Å²) in [5.41, 5.74) is 0. The van der Waals surface area contributed by atoms with Crippen molar-refractivity contribution in [2.75, 3.05) is 26.2 Å². The molecule has 0 aliphatic carbocycles. The minimum absolute atomic E-state index is 0.142. The summed E-state index contributed by atoms with van der Waals surface area (Å²) in [6.45, 7) is 5.51. The van der Waals surface area contributed by atoms with Crippen molar-refractivity contribution in [3.8, 4) is 16.8 Å². The first-order chi connectivity index (χ1) is 9.80. The molecule has 2 aromatic heterocycles. The zero-order chi connectivity index (χ0) is 13.9. The summed E-state index contributed by atoms with van der Waals surface area (Å²) < 4.78 is 11.0. The van der Waals surface area contributed by atoms with Crippen LogP contribution in [-0.4, -0.2) is 41.3 Å². The highest BCUT2D eigenvalue weighted by Crippen LogP contribution is 2.28. The van der Waals surface area contributed by atoms with Gasteiger partial charge in [0.15, 0.2) is 0 Å². The molecule has 1 unspecified atom stereocenters. The normalized spacial score (nSPS) is 19.9. The van der Waals surface area contributed by atoms with Crippen molar-refractivity contribution in [3.05, 3.63) is 22.8 Å². The fourth-order valence-electron chi connectivity index (χ4n) is 2.12. The van der Waals surface area contributed by atoms with Gasteiger partial charge in [0.2, 0.25) is 5.82 Å². The standard InChI is InChI=1S/C13H14N4O2S/c1-2-17-5-6-18-10(8-17)12-15-13(19-16-12)11-4-3-9(7-14)20-11/h3-4,10H,2,5-6,8H2,1H3. The molecule has 3 heterocycles. The molecule has 0 radical (unpaired) electrons. The Balaban J connectivity index is 1.78. The molecule has 3 rings (SSSR count). The van der Waals surface area contributed by atoms with Crippen LogP contribution in [-0.2, 0) is 4.74 Å². The summed E-state index contributed by atoms with van der Waals surface area (Å²) in [5, 5.41) is 12.8. The average Bonchev–Trinajstić information content (AvgIpc) is 3.15. The lowest BCUT2D eigenvalue weighted by atomic mass is 10.2. The number of ether oxygens (including phenoxy) is 1. The lowest BCUT2D eigenvalue weighted by Gasteiger charge is -2.30. The number of likely N-dealkylation sites (N-methyl/N-ethyl adjacent to an activating group) is 1. The van der Waals surface area contributed by atoms with Gasteiger partial charge in [-0.15, -0.1) is 11.3 Å². The molecule has 1 fully saturated rings. The predicted octanol–water partition coefficient (Wildman–Crippen LogP) is 2.06. The number of aromatic nitrogens is 2. The Bertz CT molecular complexity index is 630. The Morgan fingerprint density at radius 1 is 1.55 bits per heavy atom. The fraction of sp³-hybridized carbons (Fsp3) is 0.462. The van der Waals surface area contributed by atoms with Gasteiger partial charge in [-0.05, 0) is 18.7 Å². The summed E-state index contributed by atoms with van der Waals surface area (Å²) in [4.78, 5) is 8.13. The van der Waals surface area contributed by atoms with Crippen molar-refractivity contribution in [1.29, 1.82) is 5.26 Å². The van der Waals surface area contributed by atoms with Gasteiger partial charge in [-0.2, -0.15) is 10.2 Å². The minimum atomic E-state index is -0.142. The van der Waals surface area contributed by atoms with E-state index in [1.54, 1.807) is 6.07 Å². The van der Waals surface area contributed by atoms with Crippen molar-refractivity contribution >= 4 is 11.3 Å². The summed E-state index contributed by atoms with van der Waals surface area (Å²) in [7, 11) is 0. The average molecular weight is 290 g/mol. The number of nitriles is 1. The summed E-state index contributed by atoms with van der Waals surface area (Å²) in [6, 6.07) is 5.67. The van der Waals surface area contributed by atoms with Crippen LogP contribution in [0.5, 0.6) is 0 Å². The molecule has 0 aromatic carbocycles. The van der Waals surface area contributed by atoms with Crippen LogP contribution in [0.3, 0.4) is 0 Å². The highest BCUT2D eigenvalue weighted by atomic mass is 32.1. The van der Waals surface area contributed by atoms with Gasteiger partial charge in [0.25, 0.3) is 5.89 Å². The molecule has 104 valence electrons. The number of nitrogens with zero attached hydrogens (tertiary/aromatic N) is 4. The Morgan fingerprint density at radius 2 is 2.45 bits per heavy atom. The van der Waals surface area contributed by atoms with E-state index in [1.807, 2.05) is 6.07 Å². The molecular weight excluding hydrogens is 276 g/mol. The largest absolute Gasteiger partial charge is 0.367 e. The van der Waals surface area contributed by atoms with Crippen molar-refractivity contribution in [3.63, 3.8) is 0 Å². The van der Waals surface area contributed by atoms with Crippen LogP contribution in [0.4, 0.5) is 0 Å². The molecular formula is C13H14N4O2S. The second-order valence-corrected chi connectivity index (χ2v) is 5.57. The van der Waals surface area contributed by atoms with Crippen LogP contribution in [0.1, 0.15) is 23.7 Å². The zero-order valence-corrected chi connectivity index (χ0v) is 11.9. The number of thiophene rings is 1. The lowest BCUT2D eigenvalue weighted by Crippen LogP contribution is -2.38. The summed E-state index contributed by atoms with van der Waals surface area (Å²) in [6.07, 6.45) is -0.142. The third-order valence-corrected chi connectivity index (χ3v) is 4.23. The zero-order valence-electron chi connectivity index (χ0n) is 11.1. The molecule has 6 nitrogen and oxygen atoms in total. The maximum Gasteiger partial charge on any atom is 0.268 e. The van der Waals surface area contributed by atoms with Crippen molar-refractivity contribution in [1.82, 2.24) is 15.0 Å². The van der Waals surface area contributed by atoms with Crippen LogP contribution in [0, 0.1) is 11.3 Å². The first-order valence-electron chi connectivity index (χ1n) is 6.48. The third-order valence-electron chi connectivity index (χ3n) is 3.25. The topological polar surface area (TPSA) is 75.2 Å². The van der Waals surface area contributed by atoms with Gasteiger partial charge in [0.05, 0.1) is 11.5 Å². The molecule has 0 saturated carbocycles. The molecule has 0 bridgehead atoms. The van der Waals surface area contributed by atoms with Crippen molar-refractivity contribution in [2.45, 2.75) is 13.0 Å². The number of hydrogen-bond acceptors (Lipinski definition) is 7. The van der Waals surface area contributed by atoms with E-state index in [9.17, 15) is 0 Å². The van der Waals surface area contributed by atoms with Crippen LogP contribution in [0.25, 0.3) is 10.8 Å². The Hall–Kier alpha value is -1.75. The van der Waals surface area contributed by atoms with Crippen molar-refractivity contribution in [2.24, 2.45) is 0 Å². The number of morpholine rings is 1. The first kappa shape index (κ1) is 13.2. The molecule has 2 aromatic rings. The van der Waals surface area contributed by atoms with Crippen LogP contribution < -0.4 is 0 Å². The quantitative estimate of drug-likeness (QED) is 0.861. The molecule has 20 heavy (non-hydrogen) atoms. The number of hydrogen-bond donors (Lipinski definition) is 0. The van der Waals surface area contributed by atoms with E-state index in [0.29, 0.717) is 23.2 Å². The summed E-state index contributed by atoms with van der Waals surface area (Å²) >= 11 is 1.34. The van der Waals surface area contributed by atoms with Crippen LogP contribution in [0.15, 0.2) is 16.7 Å². The van der Waals surface area contributed by atoms with Gasteiger partial charge in [-0.25, -0.2) is 0 Å². The van der Waals surface area contributed by atoms with E-state index >= 15 is 0 Å². The first-order valence-corrected chi connectivity index (χ1v) is 7.29. The van der Waals surface area contributed by atoms with E-state index < -0.39 is 0 Å². The van der Waals surface area contributed by atoms with Crippen LogP contribution in [0.2, 0.25) is 0 Å². The Labute approximate surface area is 120 Å². The van der Waals surface area contributed by atoms with Gasteiger partial charge in [-0.1, -0.05) is 12.1 Å². The number of rotatable bonds is 3. The second-order valence-electron chi connectivity index (χ2n) is 4.49. The SMILES string of the molecule is CCN1CCOC(c2noc(-c3ccc(C#N)s3)n2)C1. The van der Waals surface area contributed by atoms with E-state index in [1.165, 1.54) is 11.3 Å². The predicted molar refractivity (Wildman–Crippen MR) is 73.1 cm³/mol. The fourth-order valence-corrected chi connectivity index (χ4v) is 2.85. The smallest absolute Gasteiger partial charge is 0.268 e. The molecule has 0 amide bonds. The van der Waals surface area contributed by atoms with Gasteiger partial charge in [0.1, 0.15) is 17.1 Å². The van der Waals surface area contributed by atoms with Gasteiger partial charge >= 0.3 is 0 Å². The van der Waals surface area contributed by atoms with Gasteiger partial charge < -0.3 is 9.26 Å². The van der Waals surface area contributed by atoms with E-state index in [4.69, 9.17) is 14.5 Å². The molecule has 1 aliphatic rings. The van der Waals surface area contributed by atoms with Crippen LogP contribution >= 0.6 is 11.3 Å². The minimum Gasteiger partial charge on any atom is -0.367 e. The third kappa shape index (κ3) is 2.58. The second kappa shape index (κ2) is 5.71. The van der Waals surface area contributed by atoms with Crippen molar-refractivity contribution < 1.29 is 9.26 Å². The highest BCUT2D eigenvalue weighted by molar-refractivity contribution is 7.15. The summed E-state index contributed by atoms with van der Waals surface area (Å²) in [5.74, 6) is 1.02. The maximum absolute atomic E-state index is 8.83. The molecule has 0 N–H and O–H groups in total. The Kier molecular flexibility index (Phi) is 3.78. The highest BCUT2D eigenvalue weighted by Gasteiger charge is 2.25. The lowest BCUT2D eigenvalue weighted by molar-refractivity contribution is -0.0334. The Morgan fingerprint density at radius 3 is 3.20 bits per heavy atom. The molecule has 1 atom stereocenters. The van der Waals surface area contributed by atoms with E-state index in [-0.39, 0.29) is 6.10 Å². The molecule has 0 spiro atoms. The maximum atomic E-state index is 8.83.